The summed E-state index contributed by atoms with van der Waals surface area (Å²) in [5.41, 5.74) is 1.34. The van der Waals surface area contributed by atoms with Crippen LogP contribution >= 0.6 is 0 Å². The lowest BCUT2D eigenvalue weighted by Crippen LogP contribution is -2.24. The van der Waals surface area contributed by atoms with Gasteiger partial charge in [-0.25, -0.2) is 12.8 Å². The number of sulfone groups is 1. The summed E-state index contributed by atoms with van der Waals surface area (Å²) in [7, 11) is -3.58. The monoisotopic (exact) mass is 404 g/mol. The van der Waals surface area contributed by atoms with E-state index in [4.69, 9.17) is 0 Å². The Bertz CT molecular complexity index is 1000. The zero-order valence-electron chi connectivity index (χ0n) is 15.4. The fourth-order valence-electron chi connectivity index (χ4n) is 3.02. The first kappa shape index (κ1) is 20.0. The maximum Gasteiger partial charge on any atom is 0.227 e. The van der Waals surface area contributed by atoms with E-state index in [2.05, 4.69) is 5.32 Å². The number of amides is 2. The Morgan fingerprint density at radius 3 is 2.50 bits per heavy atom. The molecule has 6 nitrogen and oxygen atoms in total. The SMILES string of the molecule is Cc1ccc(S(=O)(=O)CCC(=O)Nc2ccc(N3CCCC3=O)c(F)c2)cc1. The van der Waals surface area contributed by atoms with E-state index < -0.39 is 21.6 Å². The number of rotatable bonds is 6. The van der Waals surface area contributed by atoms with Crippen LogP contribution in [0.1, 0.15) is 24.8 Å². The van der Waals surface area contributed by atoms with Crippen molar-refractivity contribution in [3.05, 3.63) is 53.8 Å². The van der Waals surface area contributed by atoms with E-state index in [1.54, 1.807) is 12.1 Å². The highest BCUT2D eigenvalue weighted by atomic mass is 32.2. The van der Waals surface area contributed by atoms with E-state index in [1.807, 2.05) is 6.92 Å². The van der Waals surface area contributed by atoms with Crippen molar-refractivity contribution in [1.29, 1.82) is 0 Å². The highest BCUT2D eigenvalue weighted by Gasteiger charge is 2.24. The van der Waals surface area contributed by atoms with E-state index in [0.29, 0.717) is 19.4 Å². The molecule has 0 aromatic heterocycles. The van der Waals surface area contributed by atoms with Crippen molar-refractivity contribution in [3.8, 4) is 0 Å². The number of carbonyl (C=O) groups is 2. The van der Waals surface area contributed by atoms with Gasteiger partial charge >= 0.3 is 0 Å². The molecule has 0 radical (unpaired) electrons. The standard InChI is InChI=1S/C20H21FN2O4S/c1-14-4-7-16(8-5-14)28(26,27)12-10-19(24)22-15-6-9-18(17(21)13-15)23-11-2-3-20(23)25/h4-9,13H,2-3,10-12H2,1H3,(H,22,24). The van der Waals surface area contributed by atoms with Crippen molar-refractivity contribution >= 4 is 33.0 Å². The van der Waals surface area contributed by atoms with Gasteiger partial charge in [0.15, 0.2) is 9.84 Å². The number of anilines is 2. The third kappa shape index (κ3) is 4.56. The van der Waals surface area contributed by atoms with E-state index in [9.17, 15) is 22.4 Å². The lowest BCUT2D eigenvalue weighted by atomic mass is 10.2. The molecule has 0 spiro atoms. The molecule has 2 aromatic rings. The normalized spacial score (nSPS) is 14.4. The summed E-state index contributed by atoms with van der Waals surface area (Å²) in [6.45, 7) is 2.33. The second-order valence-electron chi connectivity index (χ2n) is 6.75. The van der Waals surface area contributed by atoms with Crippen LogP contribution in [0, 0.1) is 12.7 Å². The van der Waals surface area contributed by atoms with E-state index in [1.165, 1.54) is 29.2 Å². The van der Waals surface area contributed by atoms with Gasteiger partial charge in [0.2, 0.25) is 11.8 Å². The average molecular weight is 404 g/mol. The van der Waals surface area contributed by atoms with Crippen LogP contribution in [0.5, 0.6) is 0 Å². The fourth-order valence-corrected chi connectivity index (χ4v) is 4.26. The van der Waals surface area contributed by atoms with Crippen LogP contribution in [0.2, 0.25) is 0 Å². The number of halogens is 1. The van der Waals surface area contributed by atoms with Gasteiger partial charge < -0.3 is 10.2 Å². The second kappa shape index (κ2) is 8.10. The van der Waals surface area contributed by atoms with Crippen molar-refractivity contribution in [2.45, 2.75) is 31.1 Å². The van der Waals surface area contributed by atoms with Crippen molar-refractivity contribution in [1.82, 2.24) is 0 Å². The summed E-state index contributed by atoms with van der Waals surface area (Å²) in [6, 6.07) is 10.5. The molecule has 2 aromatic carbocycles. The Hall–Kier alpha value is -2.74. The number of hydrogen-bond donors (Lipinski definition) is 1. The molecule has 0 saturated carbocycles. The van der Waals surface area contributed by atoms with Gasteiger partial charge in [-0.2, -0.15) is 0 Å². The minimum Gasteiger partial charge on any atom is -0.326 e. The van der Waals surface area contributed by atoms with Crippen molar-refractivity contribution in [3.63, 3.8) is 0 Å². The molecule has 1 N–H and O–H groups in total. The van der Waals surface area contributed by atoms with Gasteiger partial charge in [0.25, 0.3) is 0 Å². The van der Waals surface area contributed by atoms with E-state index in [-0.39, 0.29) is 34.4 Å². The molecule has 3 rings (SSSR count). The number of hydrogen-bond acceptors (Lipinski definition) is 4. The summed E-state index contributed by atoms with van der Waals surface area (Å²) in [4.78, 5) is 25.4. The third-order valence-electron chi connectivity index (χ3n) is 4.57. The van der Waals surface area contributed by atoms with Crippen molar-refractivity contribution in [2.24, 2.45) is 0 Å². The molecule has 1 fully saturated rings. The van der Waals surface area contributed by atoms with Crippen LogP contribution in [0.15, 0.2) is 47.4 Å². The second-order valence-corrected chi connectivity index (χ2v) is 8.85. The molecule has 1 aliphatic rings. The zero-order valence-corrected chi connectivity index (χ0v) is 16.3. The molecule has 1 aliphatic heterocycles. The zero-order chi connectivity index (χ0) is 20.3. The average Bonchev–Trinajstić information content (AvgIpc) is 3.06. The summed E-state index contributed by atoms with van der Waals surface area (Å²) >= 11 is 0. The first-order valence-electron chi connectivity index (χ1n) is 8.95. The highest BCUT2D eigenvalue weighted by molar-refractivity contribution is 7.91. The first-order chi connectivity index (χ1) is 13.3. The molecule has 0 bridgehead atoms. The van der Waals surface area contributed by atoms with Gasteiger partial charge in [-0.1, -0.05) is 17.7 Å². The molecule has 2 amide bonds. The Labute approximate surface area is 163 Å². The van der Waals surface area contributed by atoms with Crippen LogP contribution in [-0.2, 0) is 19.4 Å². The number of aryl methyl sites for hydroxylation is 1. The molecule has 0 atom stereocenters. The Kier molecular flexibility index (Phi) is 5.79. The van der Waals surface area contributed by atoms with Crippen LogP contribution in [-0.4, -0.2) is 32.5 Å². The molecule has 1 heterocycles. The van der Waals surface area contributed by atoms with Crippen LogP contribution < -0.4 is 10.2 Å². The molecule has 28 heavy (non-hydrogen) atoms. The summed E-state index contributed by atoms with van der Waals surface area (Å²) < 4.78 is 38.9. The summed E-state index contributed by atoms with van der Waals surface area (Å²) in [6.07, 6.45) is 0.837. The number of benzene rings is 2. The number of nitrogens with one attached hydrogen (secondary N) is 1. The van der Waals surface area contributed by atoms with E-state index >= 15 is 0 Å². The first-order valence-corrected chi connectivity index (χ1v) is 10.6. The number of carbonyl (C=O) groups excluding carboxylic acids is 2. The van der Waals surface area contributed by atoms with Gasteiger partial charge in [0, 0.05) is 25.1 Å². The maximum atomic E-state index is 14.3. The fraction of sp³-hybridized carbons (Fsp3) is 0.300. The lowest BCUT2D eigenvalue weighted by molar-refractivity contribution is -0.117. The largest absolute Gasteiger partial charge is 0.326 e. The van der Waals surface area contributed by atoms with Gasteiger partial charge in [0.05, 0.1) is 16.3 Å². The maximum absolute atomic E-state index is 14.3. The molecule has 148 valence electrons. The Morgan fingerprint density at radius 2 is 1.89 bits per heavy atom. The van der Waals surface area contributed by atoms with Gasteiger partial charge in [-0.3, -0.25) is 9.59 Å². The summed E-state index contributed by atoms with van der Waals surface area (Å²) in [5.74, 6) is -1.61. The van der Waals surface area contributed by atoms with Crippen LogP contribution in [0.25, 0.3) is 0 Å². The van der Waals surface area contributed by atoms with Crippen molar-refractivity contribution in [2.75, 3.05) is 22.5 Å². The number of nitrogens with zero attached hydrogens (tertiary/aromatic N) is 1. The molecular formula is C20H21FN2O4S. The molecular weight excluding hydrogens is 383 g/mol. The smallest absolute Gasteiger partial charge is 0.227 e. The molecule has 0 aliphatic carbocycles. The highest BCUT2D eigenvalue weighted by Crippen LogP contribution is 2.27. The molecule has 8 heteroatoms. The minimum absolute atomic E-state index is 0.128. The Morgan fingerprint density at radius 1 is 1.18 bits per heavy atom. The quantitative estimate of drug-likeness (QED) is 0.802. The topological polar surface area (TPSA) is 83.6 Å². The molecule has 1 saturated heterocycles. The van der Waals surface area contributed by atoms with Gasteiger partial charge in [-0.15, -0.1) is 0 Å². The molecule has 0 unspecified atom stereocenters. The van der Waals surface area contributed by atoms with Gasteiger partial charge in [0.1, 0.15) is 5.82 Å². The van der Waals surface area contributed by atoms with Crippen LogP contribution in [0.3, 0.4) is 0 Å². The third-order valence-corrected chi connectivity index (χ3v) is 6.31. The lowest BCUT2D eigenvalue weighted by Gasteiger charge is -2.17. The van der Waals surface area contributed by atoms with E-state index in [0.717, 1.165) is 11.6 Å². The van der Waals surface area contributed by atoms with Crippen LogP contribution in [0.4, 0.5) is 15.8 Å². The Balaban J connectivity index is 1.61. The predicted octanol–water partition coefficient (Wildman–Crippen LogP) is 3.06. The van der Waals surface area contributed by atoms with Crippen molar-refractivity contribution < 1.29 is 22.4 Å². The van der Waals surface area contributed by atoms with Gasteiger partial charge in [-0.05, 0) is 43.7 Å². The minimum atomic E-state index is -3.58. The predicted molar refractivity (Wildman–Crippen MR) is 104 cm³/mol. The summed E-state index contributed by atoms with van der Waals surface area (Å²) in [5, 5.41) is 2.50.